The quantitative estimate of drug-likeness (QED) is 0.740. The average Bonchev–Trinajstić information content (AvgIpc) is 2.18. The molecule has 1 N–H and O–H groups in total. The fourth-order valence-electron chi connectivity index (χ4n) is 2.15. The first kappa shape index (κ1) is 8.44. The van der Waals surface area contributed by atoms with E-state index in [1.54, 1.807) is 12.4 Å². The van der Waals surface area contributed by atoms with Gasteiger partial charge in [0.1, 0.15) is 0 Å². The Morgan fingerprint density at radius 1 is 1.29 bits per heavy atom. The number of nitrogens with one attached hydrogen (secondary N) is 1. The minimum Gasteiger partial charge on any atom is -0.338 e. The first-order valence-electron chi connectivity index (χ1n) is 4.80. The topological polar surface area (TPSA) is 41.1 Å². The van der Waals surface area contributed by atoms with E-state index < -0.39 is 0 Å². The highest BCUT2D eigenvalue weighted by Crippen LogP contribution is 2.23. The molecule has 1 aromatic heterocycles. The molecule has 0 amide bonds. The van der Waals surface area contributed by atoms with Gasteiger partial charge in [0, 0.05) is 25.2 Å². The Morgan fingerprint density at radius 2 is 1.86 bits per heavy atom. The zero-order valence-corrected chi connectivity index (χ0v) is 8.41. The van der Waals surface area contributed by atoms with Gasteiger partial charge in [0.25, 0.3) is 0 Å². The number of hydrogen-bond donors (Lipinski definition) is 1. The van der Waals surface area contributed by atoms with E-state index in [0.717, 1.165) is 19.0 Å². The molecule has 2 bridgehead atoms. The fraction of sp³-hybridized carbons (Fsp3) is 0.556. The van der Waals surface area contributed by atoms with Crippen LogP contribution in [-0.2, 0) is 0 Å². The van der Waals surface area contributed by atoms with Crippen LogP contribution in [0.25, 0.3) is 0 Å². The number of piperidine rings is 1. The van der Waals surface area contributed by atoms with E-state index in [9.17, 15) is 0 Å². The molecule has 3 fully saturated rings. The van der Waals surface area contributed by atoms with Crippen LogP contribution in [0.4, 0.5) is 5.95 Å². The lowest BCUT2D eigenvalue weighted by Gasteiger charge is -2.48. The van der Waals surface area contributed by atoms with Gasteiger partial charge in [0.15, 0.2) is 0 Å². The third-order valence-electron chi connectivity index (χ3n) is 2.81. The number of anilines is 1. The van der Waals surface area contributed by atoms with Crippen molar-refractivity contribution in [2.75, 3.05) is 18.0 Å². The van der Waals surface area contributed by atoms with Crippen LogP contribution in [0, 0.1) is 0 Å². The number of hydrogen-bond acceptors (Lipinski definition) is 4. The van der Waals surface area contributed by atoms with Crippen LogP contribution < -0.4 is 10.2 Å². The Labute approximate surface area is 87.3 Å². The number of fused-ring (bicyclic) bond motifs is 2. The molecular weight excluding hydrogens is 200 g/mol. The molecule has 74 valence electrons. The van der Waals surface area contributed by atoms with Crippen molar-refractivity contribution in [1.29, 1.82) is 0 Å². The van der Waals surface area contributed by atoms with Gasteiger partial charge in [-0.3, -0.25) is 0 Å². The van der Waals surface area contributed by atoms with E-state index in [0.29, 0.717) is 17.1 Å². The van der Waals surface area contributed by atoms with Crippen LogP contribution in [0.1, 0.15) is 6.42 Å². The summed E-state index contributed by atoms with van der Waals surface area (Å²) in [5.41, 5.74) is 0. The summed E-state index contributed by atoms with van der Waals surface area (Å²) in [7, 11) is 0. The summed E-state index contributed by atoms with van der Waals surface area (Å²) in [5.74, 6) is 0.797. The van der Waals surface area contributed by atoms with Gasteiger partial charge in [-0.05, 0) is 6.42 Å². The third kappa shape index (κ3) is 1.35. The van der Waals surface area contributed by atoms with Crippen LogP contribution in [-0.4, -0.2) is 35.1 Å². The van der Waals surface area contributed by atoms with E-state index in [4.69, 9.17) is 11.6 Å². The molecular formula is C9H11ClN4. The fourth-order valence-corrected chi connectivity index (χ4v) is 2.24. The van der Waals surface area contributed by atoms with Crippen molar-refractivity contribution in [3.8, 4) is 0 Å². The second-order valence-corrected chi connectivity index (χ2v) is 4.34. The van der Waals surface area contributed by atoms with Crippen molar-refractivity contribution >= 4 is 17.5 Å². The maximum Gasteiger partial charge on any atom is 0.225 e. The molecule has 3 aliphatic heterocycles. The minimum atomic E-state index is 0.592. The summed E-state index contributed by atoms with van der Waals surface area (Å²) in [4.78, 5) is 10.6. The zero-order chi connectivity index (χ0) is 9.54. The largest absolute Gasteiger partial charge is 0.338 e. The van der Waals surface area contributed by atoms with E-state index in [1.807, 2.05) is 0 Å². The van der Waals surface area contributed by atoms with Gasteiger partial charge < -0.3 is 10.2 Å². The smallest absolute Gasteiger partial charge is 0.225 e. The molecule has 0 radical (unpaired) electrons. The summed E-state index contributed by atoms with van der Waals surface area (Å²) in [6.45, 7) is 2.02. The van der Waals surface area contributed by atoms with Crippen LogP contribution in [0.5, 0.6) is 0 Å². The summed E-state index contributed by atoms with van der Waals surface area (Å²) in [6.07, 6.45) is 4.60. The predicted octanol–water partition coefficient (Wildman–Crippen LogP) is 0.681. The molecule has 3 saturated heterocycles. The number of nitrogens with zero attached hydrogens (tertiary/aromatic N) is 3. The molecule has 2 unspecified atom stereocenters. The highest BCUT2D eigenvalue weighted by Gasteiger charge is 2.37. The molecule has 0 saturated carbocycles. The lowest BCUT2D eigenvalue weighted by molar-refractivity contribution is 0.224. The first-order chi connectivity index (χ1) is 6.81. The van der Waals surface area contributed by atoms with Gasteiger partial charge in [-0.25, -0.2) is 9.97 Å². The average molecular weight is 211 g/mol. The van der Waals surface area contributed by atoms with Gasteiger partial charge in [-0.15, -0.1) is 0 Å². The van der Waals surface area contributed by atoms with Crippen LogP contribution in [0.2, 0.25) is 5.02 Å². The van der Waals surface area contributed by atoms with Crippen LogP contribution >= 0.6 is 11.6 Å². The Kier molecular flexibility index (Phi) is 1.85. The summed E-state index contributed by atoms with van der Waals surface area (Å²) >= 11 is 5.73. The monoisotopic (exact) mass is 210 g/mol. The number of aromatic nitrogens is 2. The number of halogens is 1. The van der Waals surface area contributed by atoms with Crippen molar-refractivity contribution in [3.63, 3.8) is 0 Å². The molecule has 5 heteroatoms. The third-order valence-corrected chi connectivity index (χ3v) is 3.01. The second-order valence-electron chi connectivity index (χ2n) is 3.90. The van der Waals surface area contributed by atoms with Crippen molar-refractivity contribution < 1.29 is 0 Å². The van der Waals surface area contributed by atoms with Crippen molar-refractivity contribution in [1.82, 2.24) is 15.3 Å². The lowest BCUT2D eigenvalue weighted by atomic mass is 9.92. The van der Waals surface area contributed by atoms with Gasteiger partial charge in [-0.2, -0.15) is 0 Å². The highest BCUT2D eigenvalue weighted by molar-refractivity contribution is 6.30. The summed E-state index contributed by atoms with van der Waals surface area (Å²) in [6, 6.07) is 1.26. The normalized spacial score (nSPS) is 29.9. The Bertz CT molecular complexity index is 323. The number of rotatable bonds is 1. The summed E-state index contributed by atoms with van der Waals surface area (Å²) in [5, 5.41) is 4.06. The maximum absolute atomic E-state index is 5.73. The second kappa shape index (κ2) is 3.07. The number of piperazine rings is 1. The zero-order valence-electron chi connectivity index (χ0n) is 7.65. The molecule has 2 atom stereocenters. The molecule has 0 aliphatic carbocycles. The van der Waals surface area contributed by atoms with E-state index >= 15 is 0 Å². The van der Waals surface area contributed by atoms with Crippen LogP contribution in [0.3, 0.4) is 0 Å². The molecule has 0 spiro atoms. The van der Waals surface area contributed by atoms with E-state index in [-0.39, 0.29) is 0 Å². The van der Waals surface area contributed by atoms with Gasteiger partial charge in [-0.1, -0.05) is 11.6 Å². The summed E-state index contributed by atoms with van der Waals surface area (Å²) < 4.78 is 0. The van der Waals surface area contributed by atoms with Gasteiger partial charge in [0.05, 0.1) is 17.4 Å². The van der Waals surface area contributed by atoms with Crippen molar-refractivity contribution in [2.24, 2.45) is 0 Å². The molecule has 1 aromatic rings. The lowest BCUT2D eigenvalue weighted by Crippen LogP contribution is -2.67. The minimum absolute atomic E-state index is 0.592. The predicted molar refractivity (Wildman–Crippen MR) is 54.6 cm³/mol. The van der Waals surface area contributed by atoms with E-state index in [1.165, 1.54) is 6.42 Å². The van der Waals surface area contributed by atoms with Gasteiger partial charge >= 0.3 is 0 Å². The molecule has 14 heavy (non-hydrogen) atoms. The van der Waals surface area contributed by atoms with Gasteiger partial charge in [0.2, 0.25) is 5.95 Å². The highest BCUT2D eigenvalue weighted by atomic mass is 35.5. The Morgan fingerprint density at radius 3 is 2.43 bits per heavy atom. The molecule has 0 aromatic carbocycles. The SMILES string of the molecule is Clc1cnc(N2CC3CC(C2)N3)nc1. The molecule has 4 heterocycles. The van der Waals surface area contributed by atoms with Crippen molar-refractivity contribution in [2.45, 2.75) is 18.5 Å². The van der Waals surface area contributed by atoms with E-state index in [2.05, 4.69) is 20.2 Å². The van der Waals surface area contributed by atoms with Crippen LogP contribution in [0.15, 0.2) is 12.4 Å². The standard InChI is InChI=1S/C9H11ClN4/c10-6-2-11-9(12-3-6)14-4-7-1-8(5-14)13-7/h2-3,7-8,13H,1,4-5H2. The molecule has 4 rings (SSSR count). The Balaban J connectivity index is 1.79. The van der Waals surface area contributed by atoms with Crippen molar-refractivity contribution in [3.05, 3.63) is 17.4 Å². The molecule has 4 nitrogen and oxygen atoms in total. The maximum atomic E-state index is 5.73. The first-order valence-corrected chi connectivity index (χ1v) is 5.17. The molecule has 3 aliphatic rings. The Hall–Kier alpha value is -0.870.